The molecule has 0 aliphatic carbocycles. The van der Waals surface area contributed by atoms with E-state index in [1.165, 1.54) is 4.90 Å². The SMILES string of the molecule is OCc1ccc(SC2COC2)cc1Br. The number of halogens is 1. The molecule has 0 bridgehead atoms. The highest BCUT2D eigenvalue weighted by Crippen LogP contribution is 2.31. The van der Waals surface area contributed by atoms with E-state index in [0.29, 0.717) is 5.25 Å². The molecule has 0 saturated carbocycles. The van der Waals surface area contributed by atoms with E-state index in [4.69, 9.17) is 9.84 Å². The quantitative estimate of drug-likeness (QED) is 0.918. The van der Waals surface area contributed by atoms with Crippen molar-refractivity contribution < 1.29 is 9.84 Å². The molecule has 2 nitrogen and oxygen atoms in total. The molecule has 0 amide bonds. The summed E-state index contributed by atoms with van der Waals surface area (Å²) in [4.78, 5) is 1.22. The Kier molecular flexibility index (Phi) is 3.49. The van der Waals surface area contributed by atoms with E-state index < -0.39 is 0 Å². The topological polar surface area (TPSA) is 29.5 Å². The maximum Gasteiger partial charge on any atom is 0.0692 e. The highest BCUT2D eigenvalue weighted by atomic mass is 79.9. The summed E-state index contributed by atoms with van der Waals surface area (Å²) in [6.07, 6.45) is 0. The van der Waals surface area contributed by atoms with Gasteiger partial charge in [-0.15, -0.1) is 11.8 Å². The molecule has 1 aliphatic rings. The molecular weight excluding hydrogens is 264 g/mol. The van der Waals surface area contributed by atoms with Crippen LogP contribution in [0.15, 0.2) is 27.6 Å². The Morgan fingerprint density at radius 3 is 2.79 bits per heavy atom. The van der Waals surface area contributed by atoms with Crippen LogP contribution in [0.4, 0.5) is 0 Å². The zero-order valence-corrected chi connectivity index (χ0v) is 9.97. The fraction of sp³-hybridized carbons (Fsp3) is 0.400. The maximum absolute atomic E-state index is 8.99. The number of ether oxygens (including phenoxy) is 1. The third-order valence-corrected chi connectivity index (χ3v) is 3.97. The average Bonchev–Trinajstić information content (AvgIpc) is 2.12. The van der Waals surface area contributed by atoms with Gasteiger partial charge in [0.15, 0.2) is 0 Å². The van der Waals surface area contributed by atoms with Gasteiger partial charge in [0.05, 0.1) is 25.1 Å². The van der Waals surface area contributed by atoms with Crippen LogP contribution in [0.2, 0.25) is 0 Å². The molecule has 1 saturated heterocycles. The lowest BCUT2D eigenvalue weighted by Crippen LogP contribution is -2.29. The van der Waals surface area contributed by atoms with E-state index >= 15 is 0 Å². The molecule has 1 heterocycles. The molecule has 0 radical (unpaired) electrons. The summed E-state index contributed by atoms with van der Waals surface area (Å²) in [5, 5.41) is 9.59. The van der Waals surface area contributed by atoms with Gasteiger partial charge in [0.2, 0.25) is 0 Å². The van der Waals surface area contributed by atoms with Crippen LogP contribution in [0.1, 0.15) is 5.56 Å². The molecule has 0 aromatic heterocycles. The van der Waals surface area contributed by atoms with E-state index in [9.17, 15) is 0 Å². The van der Waals surface area contributed by atoms with Crippen LogP contribution in [0, 0.1) is 0 Å². The number of aliphatic hydroxyl groups excluding tert-OH is 1. The number of rotatable bonds is 3. The normalized spacial score (nSPS) is 16.7. The number of benzene rings is 1. The van der Waals surface area contributed by atoms with E-state index in [1.54, 1.807) is 0 Å². The van der Waals surface area contributed by atoms with Crippen molar-refractivity contribution in [2.24, 2.45) is 0 Å². The first kappa shape index (κ1) is 10.5. The number of thioether (sulfide) groups is 1. The average molecular weight is 275 g/mol. The van der Waals surface area contributed by atoms with E-state index in [1.807, 2.05) is 23.9 Å². The highest BCUT2D eigenvalue weighted by Gasteiger charge is 2.19. The van der Waals surface area contributed by atoms with E-state index in [0.717, 1.165) is 23.2 Å². The number of hydrogen-bond acceptors (Lipinski definition) is 3. The van der Waals surface area contributed by atoms with Crippen LogP contribution in [0.3, 0.4) is 0 Å². The predicted octanol–water partition coefficient (Wildman–Crippen LogP) is 2.43. The van der Waals surface area contributed by atoms with E-state index in [2.05, 4.69) is 22.0 Å². The van der Waals surface area contributed by atoms with Crippen LogP contribution >= 0.6 is 27.7 Å². The maximum atomic E-state index is 8.99. The molecule has 76 valence electrons. The van der Waals surface area contributed by atoms with Crippen LogP contribution in [0.5, 0.6) is 0 Å². The van der Waals surface area contributed by atoms with Gasteiger partial charge in [-0.2, -0.15) is 0 Å². The van der Waals surface area contributed by atoms with Gasteiger partial charge in [-0.1, -0.05) is 22.0 Å². The molecule has 1 aromatic rings. The van der Waals surface area contributed by atoms with Crippen molar-refractivity contribution in [2.45, 2.75) is 16.8 Å². The van der Waals surface area contributed by atoms with Crippen molar-refractivity contribution in [1.82, 2.24) is 0 Å². The minimum absolute atomic E-state index is 0.0814. The monoisotopic (exact) mass is 274 g/mol. The predicted molar refractivity (Wildman–Crippen MR) is 60.5 cm³/mol. The Hall–Kier alpha value is -0.0300. The van der Waals surface area contributed by atoms with Crippen molar-refractivity contribution in [3.63, 3.8) is 0 Å². The Morgan fingerprint density at radius 2 is 2.29 bits per heavy atom. The standard InChI is InChI=1S/C10H11BrO2S/c11-10-3-8(2-1-7(10)4-12)14-9-5-13-6-9/h1-3,9,12H,4-6H2. The minimum Gasteiger partial charge on any atom is -0.392 e. The van der Waals surface area contributed by atoms with Crippen molar-refractivity contribution >= 4 is 27.7 Å². The summed E-state index contributed by atoms with van der Waals surface area (Å²) in [5.41, 5.74) is 0.930. The zero-order chi connectivity index (χ0) is 9.97. The summed E-state index contributed by atoms with van der Waals surface area (Å²) in [6, 6.07) is 6.04. The molecule has 2 rings (SSSR count). The lowest BCUT2D eigenvalue weighted by molar-refractivity contribution is 0.0455. The number of hydrogen-bond donors (Lipinski definition) is 1. The smallest absolute Gasteiger partial charge is 0.0692 e. The summed E-state index contributed by atoms with van der Waals surface area (Å²) in [5.74, 6) is 0. The summed E-state index contributed by atoms with van der Waals surface area (Å²) >= 11 is 5.26. The Bertz CT molecular complexity index is 326. The van der Waals surface area contributed by atoms with Crippen LogP contribution in [-0.2, 0) is 11.3 Å². The lowest BCUT2D eigenvalue weighted by atomic mass is 10.2. The molecular formula is C10H11BrO2S. The summed E-state index contributed by atoms with van der Waals surface area (Å²) < 4.78 is 6.09. The second-order valence-corrected chi connectivity index (χ2v) is 5.42. The van der Waals surface area contributed by atoms with Crippen molar-refractivity contribution in [3.8, 4) is 0 Å². The first-order valence-corrected chi connectivity index (χ1v) is 6.10. The minimum atomic E-state index is 0.0814. The van der Waals surface area contributed by atoms with Gasteiger partial charge in [-0.05, 0) is 17.7 Å². The molecule has 1 aliphatic heterocycles. The van der Waals surface area contributed by atoms with Gasteiger partial charge >= 0.3 is 0 Å². The van der Waals surface area contributed by atoms with Crippen LogP contribution < -0.4 is 0 Å². The van der Waals surface area contributed by atoms with Gasteiger partial charge in [-0.3, -0.25) is 0 Å². The van der Waals surface area contributed by atoms with E-state index in [-0.39, 0.29) is 6.61 Å². The second-order valence-electron chi connectivity index (χ2n) is 3.19. The van der Waals surface area contributed by atoms with Crippen LogP contribution in [-0.4, -0.2) is 23.6 Å². The highest BCUT2D eigenvalue weighted by molar-refractivity contribution is 9.10. The van der Waals surface area contributed by atoms with Crippen molar-refractivity contribution in [2.75, 3.05) is 13.2 Å². The largest absolute Gasteiger partial charge is 0.392 e. The second kappa shape index (κ2) is 4.66. The van der Waals surface area contributed by atoms with Gasteiger partial charge in [0.25, 0.3) is 0 Å². The fourth-order valence-electron chi connectivity index (χ4n) is 1.20. The summed E-state index contributed by atoms with van der Waals surface area (Å²) in [6.45, 7) is 1.78. The fourth-order valence-corrected chi connectivity index (χ4v) is 2.91. The van der Waals surface area contributed by atoms with Crippen LogP contribution in [0.25, 0.3) is 0 Å². The third-order valence-electron chi connectivity index (χ3n) is 2.11. The first-order chi connectivity index (χ1) is 6.79. The Balaban J connectivity index is 2.07. The van der Waals surface area contributed by atoms with Gasteiger partial charge < -0.3 is 9.84 Å². The first-order valence-electron chi connectivity index (χ1n) is 4.43. The summed E-state index contributed by atoms with van der Waals surface area (Å²) in [7, 11) is 0. The molecule has 14 heavy (non-hydrogen) atoms. The molecule has 0 unspecified atom stereocenters. The number of aliphatic hydroxyl groups is 1. The van der Waals surface area contributed by atoms with Gasteiger partial charge in [-0.25, -0.2) is 0 Å². The molecule has 0 spiro atoms. The van der Waals surface area contributed by atoms with Gasteiger partial charge in [0.1, 0.15) is 0 Å². The van der Waals surface area contributed by atoms with Crippen molar-refractivity contribution in [1.29, 1.82) is 0 Å². The Labute approximate surface area is 95.8 Å². The van der Waals surface area contributed by atoms with Crippen molar-refractivity contribution in [3.05, 3.63) is 28.2 Å². The molecule has 0 atom stereocenters. The molecule has 1 N–H and O–H groups in total. The molecule has 1 aromatic carbocycles. The Morgan fingerprint density at radius 1 is 1.50 bits per heavy atom. The van der Waals surface area contributed by atoms with Gasteiger partial charge in [0, 0.05) is 9.37 Å². The zero-order valence-electron chi connectivity index (χ0n) is 7.57. The lowest BCUT2D eigenvalue weighted by Gasteiger charge is -2.25. The molecule has 4 heteroatoms. The third kappa shape index (κ3) is 2.31. The molecule has 1 fully saturated rings.